The second-order valence-corrected chi connectivity index (χ2v) is 4.84. The van der Waals surface area contributed by atoms with Gasteiger partial charge in [-0.25, -0.2) is 27.3 Å². The molecule has 0 aliphatic heterocycles. The van der Waals surface area contributed by atoms with E-state index in [1.165, 1.54) is 0 Å². The van der Waals surface area contributed by atoms with Gasteiger partial charge < -0.3 is 5.73 Å². The van der Waals surface area contributed by atoms with Crippen molar-refractivity contribution in [2.45, 2.75) is 11.3 Å². The molecule has 1 rings (SSSR count). The minimum absolute atomic E-state index is 0.296. The number of sulfonamides is 1. The van der Waals surface area contributed by atoms with Crippen molar-refractivity contribution in [2.24, 2.45) is 5.14 Å². The molecular weight excluding hydrogens is 296 g/mol. The Bertz CT molecular complexity index is 491. The molecule has 4 N–H and O–H groups in total. The van der Waals surface area contributed by atoms with Crippen LogP contribution in [0, 0.1) is 0 Å². The first-order chi connectivity index (χ1) is 6.75. The summed E-state index contributed by atoms with van der Waals surface area (Å²) < 4.78 is 46.9. The standard InChI is InChI=1S/C6H6BrF2N3O2S/c7-5-3(6(8)9)4(15(11,13)14)2(10)1-12-5/h1,6H,10H2,(H2,11,13,14). The van der Waals surface area contributed by atoms with Crippen LogP contribution >= 0.6 is 15.9 Å². The van der Waals surface area contributed by atoms with E-state index in [4.69, 9.17) is 10.9 Å². The highest BCUT2D eigenvalue weighted by Crippen LogP contribution is 2.34. The predicted octanol–water partition coefficient (Wildman–Crippen LogP) is 1.01. The van der Waals surface area contributed by atoms with Crippen LogP contribution in [-0.2, 0) is 10.0 Å². The van der Waals surface area contributed by atoms with Gasteiger partial charge in [-0.05, 0) is 15.9 Å². The Hall–Kier alpha value is -0.800. The molecule has 0 fully saturated rings. The molecule has 0 radical (unpaired) electrons. The van der Waals surface area contributed by atoms with Crippen LogP contribution < -0.4 is 10.9 Å². The second kappa shape index (κ2) is 3.99. The fraction of sp³-hybridized carbons (Fsp3) is 0.167. The molecule has 0 saturated heterocycles. The Labute approximate surface area is 92.7 Å². The number of aromatic nitrogens is 1. The molecule has 0 bridgehead atoms. The molecular formula is C6H6BrF2N3O2S. The molecule has 1 aromatic heterocycles. The van der Waals surface area contributed by atoms with Gasteiger partial charge in [0.25, 0.3) is 6.43 Å². The highest BCUT2D eigenvalue weighted by Gasteiger charge is 2.26. The molecule has 0 saturated carbocycles. The summed E-state index contributed by atoms with van der Waals surface area (Å²) in [5.41, 5.74) is 4.01. The average molecular weight is 302 g/mol. The minimum Gasteiger partial charge on any atom is -0.396 e. The van der Waals surface area contributed by atoms with Crippen LogP contribution in [0.15, 0.2) is 15.7 Å². The lowest BCUT2D eigenvalue weighted by Gasteiger charge is -2.10. The van der Waals surface area contributed by atoms with Crippen LogP contribution in [0.5, 0.6) is 0 Å². The van der Waals surface area contributed by atoms with Crippen molar-refractivity contribution in [3.8, 4) is 0 Å². The van der Waals surface area contributed by atoms with Gasteiger partial charge in [0.15, 0.2) is 0 Å². The number of alkyl halides is 2. The van der Waals surface area contributed by atoms with Gasteiger partial charge in [-0.1, -0.05) is 0 Å². The normalized spacial score (nSPS) is 12.1. The molecule has 0 unspecified atom stereocenters. The molecule has 0 aliphatic rings. The topological polar surface area (TPSA) is 99.1 Å². The maximum absolute atomic E-state index is 12.6. The Morgan fingerprint density at radius 1 is 1.47 bits per heavy atom. The number of anilines is 1. The lowest BCUT2D eigenvalue weighted by Crippen LogP contribution is -2.18. The third-order valence-corrected chi connectivity index (χ3v) is 3.21. The van der Waals surface area contributed by atoms with E-state index in [9.17, 15) is 17.2 Å². The molecule has 0 atom stereocenters. The smallest absolute Gasteiger partial charge is 0.267 e. The highest BCUT2D eigenvalue weighted by molar-refractivity contribution is 9.10. The van der Waals surface area contributed by atoms with E-state index in [1.807, 2.05) is 0 Å². The van der Waals surface area contributed by atoms with Gasteiger partial charge in [0.2, 0.25) is 10.0 Å². The SMILES string of the molecule is Nc1cnc(Br)c(C(F)F)c1S(N)(=O)=O. The summed E-state index contributed by atoms with van der Waals surface area (Å²) in [6.45, 7) is 0. The summed E-state index contributed by atoms with van der Waals surface area (Å²) in [5, 5.41) is 4.78. The molecule has 15 heavy (non-hydrogen) atoms. The van der Waals surface area contributed by atoms with E-state index in [0.29, 0.717) is 0 Å². The number of nitrogen functional groups attached to an aromatic ring is 1. The molecule has 84 valence electrons. The van der Waals surface area contributed by atoms with E-state index >= 15 is 0 Å². The first kappa shape index (κ1) is 12.3. The maximum atomic E-state index is 12.6. The van der Waals surface area contributed by atoms with Crippen LogP contribution in [0.1, 0.15) is 12.0 Å². The molecule has 0 aromatic carbocycles. The first-order valence-corrected chi connectivity index (χ1v) is 5.84. The molecule has 5 nitrogen and oxygen atoms in total. The number of nitrogens with two attached hydrogens (primary N) is 2. The molecule has 0 spiro atoms. The van der Waals surface area contributed by atoms with Gasteiger partial charge in [0, 0.05) is 0 Å². The third kappa shape index (κ3) is 2.41. The van der Waals surface area contributed by atoms with E-state index in [0.717, 1.165) is 6.20 Å². The fourth-order valence-corrected chi connectivity index (χ4v) is 2.49. The van der Waals surface area contributed by atoms with Crippen molar-refractivity contribution in [1.29, 1.82) is 0 Å². The van der Waals surface area contributed by atoms with Crippen LogP contribution in [0.3, 0.4) is 0 Å². The Kier molecular flexibility index (Phi) is 3.26. The maximum Gasteiger partial charge on any atom is 0.267 e. The van der Waals surface area contributed by atoms with Crippen LogP contribution in [0.4, 0.5) is 14.5 Å². The number of nitrogens with zero attached hydrogens (tertiary/aromatic N) is 1. The van der Waals surface area contributed by atoms with Crippen molar-refractivity contribution >= 4 is 31.6 Å². The zero-order chi connectivity index (χ0) is 11.8. The summed E-state index contributed by atoms with van der Waals surface area (Å²) >= 11 is 2.71. The van der Waals surface area contributed by atoms with Crippen LogP contribution in [-0.4, -0.2) is 13.4 Å². The van der Waals surface area contributed by atoms with Crippen LogP contribution in [0.25, 0.3) is 0 Å². The van der Waals surface area contributed by atoms with Gasteiger partial charge in [-0.3, -0.25) is 0 Å². The summed E-state index contributed by atoms with van der Waals surface area (Å²) in [7, 11) is -4.31. The lowest BCUT2D eigenvalue weighted by molar-refractivity contribution is 0.146. The number of pyridine rings is 1. The number of halogens is 3. The first-order valence-electron chi connectivity index (χ1n) is 3.50. The van der Waals surface area contributed by atoms with E-state index in [1.54, 1.807) is 0 Å². The Morgan fingerprint density at radius 3 is 2.33 bits per heavy atom. The van der Waals surface area contributed by atoms with Crippen molar-refractivity contribution < 1.29 is 17.2 Å². The number of hydrogen-bond donors (Lipinski definition) is 2. The van der Waals surface area contributed by atoms with Gasteiger partial charge in [-0.2, -0.15) is 0 Å². The predicted molar refractivity (Wildman–Crippen MR) is 52.7 cm³/mol. The van der Waals surface area contributed by atoms with Gasteiger partial charge in [-0.15, -0.1) is 0 Å². The summed E-state index contributed by atoms with van der Waals surface area (Å²) in [6.07, 6.45) is -2.10. The zero-order valence-corrected chi connectivity index (χ0v) is 9.52. The van der Waals surface area contributed by atoms with E-state index < -0.39 is 32.6 Å². The average Bonchev–Trinajstić information content (AvgIpc) is 2.05. The lowest BCUT2D eigenvalue weighted by atomic mass is 10.3. The van der Waals surface area contributed by atoms with Gasteiger partial charge >= 0.3 is 0 Å². The Balaban J connectivity index is 3.68. The van der Waals surface area contributed by atoms with Crippen molar-refractivity contribution in [2.75, 3.05) is 5.73 Å². The number of primary sulfonamides is 1. The largest absolute Gasteiger partial charge is 0.396 e. The summed E-state index contributed by atoms with van der Waals surface area (Å²) in [5.74, 6) is 0. The quantitative estimate of drug-likeness (QED) is 0.796. The fourth-order valence-electron chi connectivity index (χ4n) is 1.01. The van der Waals surface area contributed by atoms with E-state index in [2.05, 4.69) is 20.9 Å². The molecule has 9 heteroatoms. The van der Waals surface area contributed by atoms with E-state index in [-0.39, 0.29) is 4.60 Å². The van der Waals surface area contributed by atoms with Crippen molar-refractivity contribution in [3.05, 3.63) is 16.4 Å². The summed E-state index contributed by atoms with van der Waals surface area (Å²) in [6, 6.07) is 0. The summed E-state index contributed by atoms with van der Waals surface area (Å²) in [4.78, 5) is 2.67. The second-order valence-electron chi connectivity index (χ2n) is 2.59. The molecule has 1 aromatic rings. The molecule has 1 heterocycles. The number of rotatable bonds is 2. The highest BCUT2D eigenvalue weighted by atomic mass is 79.9. The monoisotopic (exact) mass is 301 g/mol. The number of hydrogen-bond acceptors (Lipinski definition) is 4. The zero-order valence-electron chi connectivity index (χ0n) is 7.12. The van der Waals surface area contributed by atoms with Gasteiger partial charge in [0.05, 0.1) is 17.4 Å². The minimum atomic E-state index is -4.31. The molecule has 0 aliphatic carbocycles. The Morgan fingerprint density at radius 2 is 2.00 bits per heavy atom. The third-order valence-electron chi connectivity index (χ3n) is 1.55. The molecule has 0 amide bonds. The van der Waals surface area contributed by atoms with Gasteiger partial charge in [0.1, 0.15) is 9.50 Å². The van der Waals surface area contributed by atoms with Crippen LogP contribution in [0.2, 0.25) is 0 Å². The van der Waals surface area contributed by atoms with Crippen molar-refractivity contribution in [3.63, 3.8) is 0 Å². The van der Waals surface area contributed by atoms with Crippen molar-refractivity contribution in [1.82, 2.24) is 4.98 Å².